The van der Waals surface area contributed by atoms with E-state index < -0.39 is 0 Å². The lowest BCUT2D eigenvalue weighted by Gasteiger charge is -2.35. The molecule has 3 heteroatoms. The number of nitrogens with zero attached hydrogens (tertiary/aromatic N) is 2. The van der Waals surface area contributed by atoms with E-state index in [2.05, 4.69) is 28.9 Å². The van der Waals surface area contributed by atoms with Crippen LogP contribution in [0.3, 0.4) is 0 Å². The van der Waals surface area contributed by atoms with Gasteiger partial charge in [0.15, 0.2) is 0 Å². The fraction of sp³-hybridized carbons (Fsp3) is 0.583. The van der Waals surface area contributed by atoms with Crippen LogP contribution in [0.4, 0.5) is 0 Å². The molecule has 2 heterocycles. The second-order valence-electron chi connectivity index (χ2n) is 4.52. The average Bonchev–Trinajstić information content (AvgIpc) is 2.25. The van der Waals surface area contributed by atoms with Crippen molar-refractivity contribution in [1.82, 2.24) is 9.88 Å². The quantitative estimate of drug-likeness (QED) is 0.790. The van der Waals surface area contributed by atoms with Gasteiger partial charge in [-0.05, 0) is 36.6 Å². The van der Waals surface area contributed by atoms with E-state index in [9.17, 15) is 0 Å². The van der Waals surface area contributed by atoms with E-state index in [0.717, 1.165) is 19.6 Å². The summed E-state index contributed by atoms with van der Waals surface area (Å²) in [5.74, 6) is 0.665. The smallest absolute Gasteiger partial charge is 0.0271 e. The molecule has 0 bridgehead atoms. The van der Waals surface area contributed by atoms with Gasteiger partial charge in [-0.2, -0.15) is 0 Å². The van der Waals surface area contributed by atoms with Gasteiger partial charge < -0.3 is 5.73 Å². The van der Waals surface area contributed by atoms with Crippen LogP contribution in [0.5, 0.6) is 0 Å². The highest BCUT2D eigenvalue weighted by Crippen LogP contribution is 2.17. The van der Waals surface area contributed by atoms with Gasteiger partial charge in [0, 0.05) is 31.5 Å². The predicted octanol–water partition coefficient (Wildman–Crippen LogP) is 1.25. The number of hydrogen-bond donors (Lipinski definition) is 1. The van der Waals surface area contributed by atoms with Crippen molar-refractivity contribution in [1.29, 1.82) is 0 Å². The van der Waals surface area contributed by atoms with Gasteiger partial charge in [-0.15, -0.1) is 0 Å². The highest BCUT2D eigenvalue weighted by atomic mass is 15.1. The first-order valence-electron chi connectivity index (χ1n) is 5.62. The first-order chi connectivity index (χ1) is 7.25. The number of aromatic nitrogens is 1. The first-order valence-corrected chi connectivity index (χ1v) is 5.62. The summed E-state index contributed by atoms with van der Waals surface area (Å²) in [4.78, 5) is 6.45. The van der Waals surface area contributed by atoms with Crippen molar-refractivity contribution in [2.45, 2.75) is 25.9 Å². The third kappa shape index (κ3) is 2.76. The first kappa shape index (κ1) is 10.6. The van der Waals surface area contributed by atoms with Crippen LogP contribution in [0, 0.1) is 5.92 Å². The molecule has 3 nitrogen and oxygen atoms in total. The van der Waals surface area contributed by atoms with Crippen molar-refractivity contribution < 1.29 is 0 Å². The lowest BCUT2D eigenvalue weighted by Crippen LogP contribution is -2.47. The largest absolute Gasteiger partial charge is 0.326 e. The highest BCUT2D eigenvalue weighted by Gasteiger charge is 2.22. The maximum atomic E-state index is 6.07. The lowest BCUT2D eigenvalue weighted by molar-refractivity contribution is 0.162. The maximum Gasteiger partial charge on any atom is 0.0271 e. The Morgan fingerprint density at radius 3 is 2.87 bits per heavy atom. The topological polar surface area (TPSA) is 42.2 Å². The molecule has 0 spiro atoms. The summed E-state index contributed by atoms with van der Waals surface area (Å²) in [6, 6.07) is 4.48. The van der Waals surface area contributed by atoms with Gasteiger partial charge >= 0.3 is 0 Å². The van der Waals surface area contributed by atoms with Crippen LogP contribution in [0.15, 0.2) is 24.5 Å². The minimum atomic E-state index is 0.334. The Morgan fingerprint density at radius 2 is 2.20 bits per heavy atom. The Kier molecular flexibility index (Phi) is 3.34. The Morgan fingerprint density at radius 1 is 1.47 bits per heavy atom. The molecule has 0 aromatic carbocycles. The van der Waals surface area contributed by atoms with Crippen LogP contribution >= 0.6 is 0 Å². The van der Waals surface area contributed by atoms with Crippen LogP contribution in [0.1, 0.15) is 18.9 Å². The van der Waals surface area contributed by atoms with Crippen LogP contribution in [-0.2, 0) is 6.54 Å². The number of hydrogen-bond acceptors (Lipinski definition) is 3. The third-order valence-electron chi connectivity index (χ3n) is 3.26. The van der Waals surface area contributed by atoms with E-state index in [4.69, 9.17) is 5.73 Å². The second kappa shape index (κ2) is 4.73. The van der Waals surface area contributed by atoms with E-state index in [1.165, 1.54) is 12.0 Å². The van der Waals surface area contributed by atoms with Gasteiger partial charge in [0.2, 0.25) is 0 Å². The van der Waals surface area contributed by atoms with E-state index in [1.807, 2.05) is 12.4 Å². The van der Waals surface area contributed by atoms with Gasteiger partial charge in [0.1, 0.15) is 0 Å². The number of nitrogens with two attached hydrogens (primary N) is 1. The summed E-state index contributed by atoms with van der Waals surface area (Å²) < 4.78 is 0. The number of piperidine rings is 1. The van der Waals surface area contributed by atoms with E-state index in [0.29, 0.717) is 12.0 Å². The van der Waals surface area contributed by atoms with Gasteiger partial charge in [0.05, 0.1) is 0 Å². The van der Waals surface area contributed by atoms with Crippen molar-refractivity contribution in [3.63, 3.8) is 0 Å². The van der Waals surface area contributed by atoms with Crippen LogP contribution < -0.4 is 5.73 Å². The summed E-state index contributed by atoms with van der Waals surface area (Å²) >= 11 is 0. The molecule has 82 valence electrons. The molecule has 1 aromatic rings. The molecule has 1 aliphatic heterocycles. The van der Waals surface area contributed by atoms with Gasteiger partial charge in [-0.3, -0.25) is 9.88 Å². The van der Waals surface area contributed by atoms with Crippen molar-refractivity contribution in [3.05, 3.63) is 30.1 Å². The molecule has 15 heavy (non-hydrogen) atoms. The summed E-state index contributed by atoms with van der Waals surface area (Å²) in [6.07, 6.45) is 4.91. The van der Waals surface area contributed by atoms with Crippen molar-refractivity contribution >= 4 is 0 Å². The Balaban J connectivity index is 1.91. The zero-order valence-corrected chi connectivity index (χ0v) is 9.26. The van der Waals surface area contributed by atoms with E-state index in [1.54, 1.807) is 0 Å². The molecule has 1 aliphatic rings. The Labute approximate surface area is 91.3 Å². The Bertz CT molecular complexity index is 299. The SMILES string of the molecule is CC1CCN(Cc2ccncc2)CC1N. The lowest BCUT2D eigenvalue weighted by atomic mass is 9.94. The fourth-order valence-electron chi connectivity index (χ4n) is 2.06. The highest BCUT2D eigenvalue weighted by molar-refractivity contribution is 5.09. The Hall–Kier alpha value is -0.930. The number of rotatable bonds is 2. The van der Waals surface area contributed by atoms with Gasteiger partial charge in [-0.25, -0.2) is 0 Å². The van der Waals surface area contributed by atoms with Gasteiger partial charge in [0.25, 0.3) is 0 Å². The maximum absolute atomic E-state index is 6.07. The zero-order chi connectivity index (χ0) is 10.7. The summed E-state index contributed by atoms with van der Waals surface area (Å²) in [6.45, 7) is 5.43. The monoisotopic (exact) mass is 205 g/mol. The molecule has 2 atom stereocenters. The standard InChI is InChI=1S/C12H19N3/c1-10-4-7-15(9-12(10)13)8-11-2-5-14-6-3-11/h2-3,5-6,10,12H,4,7-9,13H2,1H3. The molecular weight excluding hydrogens is 186 g/mol. The average molecular weight is 205 g/mol. The fourth-order valence-corrected chi connectivity index (χ4v) is 2.06. The molecule has 1 saturated heterocycles. The van der Waals surface area contributed by atoms with Crippen molar-refractivity contribution in [3.8, 4) is 0 Å². The van der Waals surface area contributed by atoms with Crippen LogP contribution in [-0.4, -0.2) is 29.0 Å². The number of pyridine rings is 1. The molecule has 2 rings (SSSR count). The molecular formula is C12H19N3. The summed E-state index contributed by atoms with van der Waals surface area (Å²) in [5.41, 5.74) is 7.39. The third-order valence-corrected chi connectivity index (χ3v) is 3.26. The van der Waals surface area contributed by atoms with E-state index >= 15 is 0 Å². The molecule has 0 amide bonds. The molecule has 0 aliphatic carbocycles. The number of likely N-dealkylation sites (tertiary alicyclic amines) is 1. The summed E-state index contributed by atoms with van der Waals surface area (Å²) in [7, 11) is 0. The van der Waals surface area contributed by atoms with Crippen LogP contribution in [0.2, 0.25) is 0 Å². The van der Waals surface area contributed by atoms with Crippen LogP contribution in [0.25, 0.3) is 0 Å². The predicted molar refractivity (Wildman–Crippen MR) is 61.3 cm³/mol. The molecule has 0 radical (unpaired) electrons. The second-order valence-corrected chi connectivity index (χ2v) is 4.52. The van der Waals surface area contributed by atoms with Crippen molar-refractivity contribution in [2.75, 3.05) is 13.1 Å². The molecule has 0 saturated carbocycles. The molecule has 1 fully saturated rings. The van der Waals surface area contributed by atoms with Gasteiger partial charge in [-0.1, -0.05) is 6.92 Å². The summed E-state index contributed by atoms with van der Waals surface area (Å²) in [5, 5.41) is 0. The minimum absolute atomic E-state index is 0.334. The zero-order valence-electron chi connectivity index (χ0n) is 9.26. The van der Waals surface area contributed by atoms with Crippen molar-refractivity contribution in [2.24, 2.45) is 11.7 Å². The minimum Gasteiger partial charge on any atom is -0.326 e. The van der Waals surface area contributed by atoms with E-state index in [-0.39, 0.29) is 0 Å². The molecule has 2 N–H and O–H groups in total. The molecule has 1 aromatic heterocycles. The molecule has 2 unspecified atom stereocenters. The normalized spacial score (nSPS) is 27.9.